The molecule has 1 aliphatic rings. The Morgan fingerprint density at radius 2 is 2.22 bits per heavy atom. The molecule has 2 unspecified atom stereocenters. The van der Waals surface area contributed by atoms with E-state index in [1.165, 1.54) is 22.0 Å². The fourth-order valence-electron chi connectivity index (χ4n) is 2.73. The van der Waals surface area contributed by atoms with Gasteiger partial charge in [0.15, 0.2) is 0 Å². The van der Waals surface area contributed by atoms with Crippen molar-refractivity contribution in [3.05, 3.63) is 38.4 Å². The number of nitrogens with one attached hydrogen (secondary N) is 1. The van der Waals surface area contributed by atoms with Crippen molar-refractivity contribution in [3.63, 3.8) is 0 Å². The maximum atomic E-state index is 6.19. The molecule has 0 saturated carbocycles. The molecular formula is C15H19ClIN. The molecule has 3 heteroatoms. The number of hydrogen-bond acceptors (Lipinski definition) is 1. The number of rotatable bonds is 3. The summed E-state index contributed by atoms with van der Waals surface area (Å²) < 4.78 is 1.22. The zero-order valence-electron chi connectivity index (χ0n) is 10.8. The topological polar surface area (TPSA) is 12.0 Å². The first-order chi connectivity index (χ1) is 8.54. The van der Waals surface area contributed by atoms with Crippen LogP contribution in [0, 0.1) is 15.4 Å². The molecule has 1 aliphatic carbocycles. The van der Waals surface area contributed by atoms with Crippen molar-refractivity contribution >= 4 is 39.9 Å². The van der Waals surface area contributed by atoms with Crippen LogP contribution in [0.2, 0.25) is 5.02 Å². The number of halogens is 2. The van der Waals surface area contributed by atoms with E-state index in [1.807, 2.05) is 12.1 Å². The molecule has 0 aliphatic heterocycles. The van der Waals surface area contributed by atoms with Crippen molar-refractivity contribution in [2.24, 2.45) is 11.8 Å². The molecule has 0 spiro atoms. The van der Waals surface area contributed by atoms with Crippen LogP contribution in [0.15, 0.2) is 29.8 Å². The molecule has 0 aromatic heterocycles. The maximum absolute atomic E-state index is 6.19. The second kappa shape index (κ2) is 6.29. The molecule has 0 saturated heterocycles. The molecule has 1 nitrogen and oxygen atoms in total. The molecule has 2 rings (SSSR count). The molecule has 98 valence electrons. The van der Waals surface area contributed by atoms with E-state index in [9.17, 15) is 0 Å². The molecule has 0 bridgehead atoms. The summed E-state index contributed by atoms with van der Waals surface area (Å²) in [7, 11) is 0. The van der Waals surface area contributed by atoms with Gasteiger partial charge < -0.3 is 5.32 Å². The Labute approximate surface area is 128 Å². The number of hydrogen-bond donors (Lipinski definition) is 1. The summed E-state index contributed by atoms with van der Waals surface area (Å²) in [5, 5.41) is 4.31. The fraction of sp³-hybridized carbons (Fsp3) is 0.467. The third-order valence-corrected chi connectivity index (χ3v) is 4.39. The van der Waals surface area contributed by atoms with Crippen LogP contribution >= 0.6 is 34.2 Å². The van der Waals surface area contributed by atoms with Gasteiger partial charge in [-0.25, -0.2) is 0 Å². The van der Waals surface area contributed by atoms with Crippen molar-refractivity contribution in [3.8, 4) is 0 Å². The third-order valence-electron chi connectivity index (χ3n) is 3.39. The first-order valence-electron chi connectivity index (χ1n) is 6.41. The normalized spacial score (nSPS) is 23.7. The molecule has 1 N–H and O–H groups in total. The van der Waals surface area contributed by atoms with Gasteiger partial charge >= 0.3 is 0 Å². The molecule has 1 aromatic carbocycles. The van der Waals surface area contributed by atoms with Gasteiger partial charge in [-0.15, -0.1) is 0 Å². The molecular weight excluding hydrogens is 357 g/mol. The lowest BCUT2D eigenvalue weighted by Gasteiger charge is -2.26. The number of anilines is 1. The molecule has 0 fully saturated rings. The van der Waals surface area contributed by atoms with Gasteiger partial charge in [-0.2, -0.15) is 0 Å². The average molecular weight is 376 g/mol. The monoisotopic (exact) mass is 375 g/mol. The van der Waals surface area contributed by atoms with Gasteiger partial charge in [-0.3, -0.25) is 0 Å². The standard InChI is InChI=1S/C15H19ClIN/c1-10-5-11(2)7-12(6-10)9-18-15-8-13(17)3-4-14(15)16/h3-5,8,10,12,18H,6-7,9H2,1-2H3. The van der Waals surface area contributed by atoms with E-state index in [2.05, 4.69) is 53.9 Å². The Morgan fingerprint density at radius 1 is 1.44 bits per heavy atom. The van der Waals surface area contributed by atoms with E-state index in [0.29, 0.717) is 5.92 Å². The average Bonchev–Trinajstić information content (AvgIpc) is 2.29. The quantitative estimate of drug-likeness (QED) is 0.555. The van der Waals surface area contributed by atoms with Gasteiger partial charge in [-0.05, 0) is 72.4 Å². The van der Waals surface area contributed by atoms with Crippen LogP contribution in [0.1, 0.15) is 26.7 Å². The van der Waals surface area contributed by atoms with Crippen molar-refractivity contribution in [1.82, 2.24) is 0 Å². The Kier molecular flexibility index (Phi) is 4.96. The zero-order chi connectivity index (χ0) is 13.1. The zero-order valence-corrected chi connectivity index (χ0v) is 13.8. The Balaban J connectivity index is 1.96. The van der Waals surface area contributed by atoms with E-state index in [0.717, 1.165) is 23.2 Å². The van der Waals surface area contributed by atoms with Crippen LogP contribution in [0.25, 0.3) is 0 Å². The second-order valence-electron chi connectivity index (χ2n) is 5.30. The third kappa shape index (κ3) is 3.89. The summed E-state index contributed by atoms with van der Waals surface area (Å²) in [5.41, 5.74) is 2.58. The number of allylic oxidation sites excluding steroid dienone is 2. The van der Waals surface area contributed by atoms with E-state index in [4.69, 9.17) is 11.6 Å². The van der Waals surface area contributed by atoms with Crippen molar-refractivity contribution in [2.45, 2.75) is 26.7 Å². The van der Waals surface area contributed by atoms with Crippen LogP contribution in [0.3, 0.4) is 0 Å². The molecule has 1 aromatic rings. The van der Waals surface area contributed by atoms with Gasteiger partial charge in [0, 0.05) is 10.1 Å². The van der Waals surface area contributed by atoms with Gasteiger partial charge in [0.2, 0.25) is 0 Å². The maximum Gasteiger partial charge on any atom is 0.0638 e. The van der Waals surface area contributed by atoms with Crippen molar-refractivity contribution in [2.75, 3.05) is 11.9 Å². The van der Waals surface area contributed by atoms with E-state index in [-0.39, 0.29) is 0 Å². The van der Waals surface area contributed by atoms with Crippen LogP contribution in [0.5, 0.6) is 0 Å². The van der Waals surface area contributed by atoms with E-state index >= 15 is 0 Å². The largest absolute Gasteiger partial charge is 0.384 e. The highest BCUT2D eigenvalue weighted by Crippen LogP contribution is 2.29. The lowest BCUT2D eigenvalue weighted by Crippen LogP contribution is -2.20. The van der Waals surface area contributed by atoms with Gasteiger partial charge in [-0.1, -0.05) is 30.2 Å². The summed E-state index contributed by atoms with van der Waals surface area (Å²) in [5.74, 6) is 1.43. The second-order valence-corrected chi connectivity index (χ2v) is 6.95. The summed E-state index contributed by atoms with van der Waals surface area (Å²) >= 11 is 8.51. The lowest BCUT2D eigenvalue weighted by molar-refractivity contribution is 0.421. The Bertz CT molecular complexity index is 456. The van der Waals surface area contributed by atoms with Gasteiger partial charge in [0.05, 0.1) is 10.7 Å². The van der Waals surface area contributed by atoms with Crippen LogP contribution in [0.4, 0.5) is 5.69 Å². The SMILES string of the molecule is CC1=CC(C)CC(CNc2cc(I)ccc2Cl)C1. The smallest absolute Gasteiger partial charge is 0.0638 e. The van der Waals surface area contributed by atoms with Crippen LogP contribution in [-0.4, -0.2) is 6.54 Å². The summed E-state index contributed by atoms with van der Waals surface area (Å²) in [6.07, 6.45) is 4.87. The van der Waals surface area contributed by atoms with Gasteiger partial charge in [0.25, 0.3) is 0 Å². The molecule has 18 heavy (non-hydrogen) atoms. The summed E-state index contributed by atoms with van der Waals surface area (Å²) in [6, 6.07) is 6.10. The molecule has 2 atom stereocenters. The summed E-state index contributed by atoms with van der Waals surface area (Å²) in [6.45, 7) is 5.55. The van der Waals surface area contributed by atoms with Crippen molar-refractivity contribution < 1.29 is 0 Å². The van der Waals surface area contributed by atoms with Crippen LogP contribution in [-0.2, 0) is 0 Å². The minimum Gasteiger partial charge on any atom is -0.384 e. The predicted molar refractivity (Wildman–Crippen MR) is 88.3 cm³/mol. The van der Waals surface area contributed by atoms with E-state index < -0.39 is 0 Å². The van der Waals surface area contributed by atoms with Crippen molar-refractivity contribution in [1.29, 1.82) is 0 Å². The van der Waals surface area contributed by atoms with Gasteiger partial charge in [0.1, 0.15) is 0 Å². The Hall–Kier alpha value is -0.220. The highest BCUT2D eigenvalue weighted by atomic mass is 127. The molecule has 0 radical (unpaired) electrons. The predicted octanol–water partition coefficient (Wildman–Crippen LogP) is 5.35. The first kappa shape index (κ1) is 14.2. The minimum absolute atomic E-state index is 0.705. The first-order valence-corrected chi connectivity index (χ1v) is 7.86. The summed E-state index contributed by atoms with van der Waals surface area (Å²) in [4.78, 5) is 0. The Morgan fingerprint density at radius 3 is 2.94 bits per heavy atom. The fourth-order valence-corrected chi connectivity index (χ4v) is 3.40. The highest BCUT2D eigenvalue weighted by Gasteiger charge is 2.18. The lowest BCUT2D eigenvalue weighted by atomic mass is 9.84. The molecule has 0 heterocycles. The molecule has 0 amide bonds. The van der Waals surface area contributed by atoms with E-state index in [1.54, 1.807) is 0 Å². The minimum atomic E-state index is 0.705. The number of benzene rings is 1. The van der Waals surface area contributed by atoms with Crippen LogP contribution < -0.4 is 5.32 Å². The highest BCUT2D eigenvalue weighted by molar-refractivity contribution is 14.1.